The summed E-state index contributed by atoms with van der Waals surface area (Å²) in [4.78, 5) is 13.6. The Morgan fingerprint density at radius 2 is 2.00 bits per heavy atom. The minimum Gasteiger partial charge on any atom is -0.342 e. The molecule has 1 fully saturated rings. The monoisotopic (exact) mass is 313 g/mol. The molecule has 2 nitrogen and oxygen atoms in total. The third kappa shape index (κ3) is 4.49. The summed E-state index contributed by atoms with van der Waals surface area (Å²) in [6.07, 6.45) is -2.66. The van der Waals surface area contributed by atoms with Crippen molar-refractivity contribution in [2.24, 2.45) is 5.92 Å². The average Bonchev–Trinajstić information content (AvgIpc) is 2.52. The SMILES string of the molecule is C[C@H](CCC(=O)N1CCC[C@@H](C(F)(F)F)C1)c1ccccc1. The highest BCUT2D eigenvalue weighted by Crippen LogP contribution is 2.33. The van der Waals surface area contributed by atoms with Crippen molar-refractivity contribution >= 4 is 5.91 Å². The van der Waals surface area contributed by atoms with E-state index in [2.05, 4.69) is 0 Å². The Morgan fingerprint density at radius 1 is 1.32 bits per heavy atom. The van der Waals surface area contributed by atoms with Gasteiger partial charge < -0.3 is 4.90 Å². The fourth-order valence-corrected chi connectivity index (χ4v) is 2.92. The first-order chi connectivity index (χ1) is 10.4. The number of hydrogen-bond acceptors (Lipinski definition) is 1. The lowest BCUT2D eigenvalue weighted by atomic mass is 9.94. The Labute approximate surface area is 129 Å². The van der Waals surface area contributed by atoms with E-state index in [1.807, 2.05) is 37.3 Å². The number of benzene rings is 1. The number of alkyl halides is 3. The molecule has 22 heavy (non-hydrogen) atoms. The number of carbonyl (C=O) groups is 1. The van der Waals surface area contributed by atoms with Crippen LogP contribution in [0.2, 0.25) is 0 Å². The molecule has 1 aliphatic rings. The van der Waals surface area contributed by atoms with Crippen LogP contribution in [0.4, 0.5) is 13.2 Å². The molecule has 1 aromatic rings. The van der Waals surface area contributed by atoms with Crippen molar-refractivity contribution in [2.75, 3.05) is 13.1 Å². The number of nitrogens with zero attached hydrogens (tertiary/aromatic N) is 1. The van der Waals surface area contributed by atoms with Gasteiger partial charge in [-0.15, -0.1) is 0 Å². The number of rotatable bonds is 4. The molecular formula is C17H22F3NO. The molecule has 1 aliphatic heterocycles. The van der Waals surface area contributed by atoms with Crippen LogP contribution in [0.15, 0.2) is 30.3 Å². The predicted molar refractivity (Wildman–Crippen MR) is 79.5 cm³/mol. The highest BCUT2D eigenvalue weighted by Gasteiger charge is 2.42. The topological polar surface area (TPSA) is 20.3 Å². The minimum absolute atomic E-state index is 0.133. The first-order valence-electron chi connectivity index (χ1n) is 7.77. The number of likely N-dealkylation sites (tertiary alicyclic amines) is 1. The molecule has 0 radical (unpaired) electrons. The van der Waals surface area contributed by atoms with Crippen molar-refractivity contribution in [1.82, 2.24) is 4.90 Å². The number of amides is 1. The van der Waals surface area contributed by atoms with E-state index in [1.165, 1.54) is 4.90 Å². The number of carbonyl (C=O) groups excluding carboxylic acids is 1. The quantitative estimate of drug-likeness (QED) is 0.808. The van der Waals surface area contributed by atoms with Gasteiger partial charge in [0, 0.05) is 19.5 Å². The van der Waals surface area contributed by atoms with Gasteiger partial charge >= 0.3 is 6.18 Å². The second kappa shape index (κ2) is 7.16. The summed E-state index contributed by atoms with van der Waals surface area (Å²) >= 11 is 0. The van der Waals surface area contributed by atoms with Gasteiger partial charge in [-0.05, 0) is 30.7 Å². The van der Waals surface area contributed by atoms with Gasteiger partial charge in [0.25, 0.3) is 0 Å². The zero-order valence-corrected chi connectivity index (χ0v) is 12.8. The van der Waals surface area contributed by atoms with Crippen LogP contribution >= 0.6 is 0 Å². The minimum atomic E-state index is -4.20. The first kappa shape index (κ1) is 16.8. The molecule has 0 unspecified atom stereocenters. The number of piperidine rings is 1. The molecule has 1 saturated heterocycles. The highest BCUT2D eigenvalue weighted by molar-refractivity contribution is 5.76. The van der Waals surface area contributed by atoms with Crippen LogP contribution in [-0.2, 0) is 4.79 Å². The van der Waals surface area contributed by atoms with Gasteiger partial charge in [0.1, 0.15) is 0 Å². The first-order valence-corrected chi connectivity index (χ1v) is 7.77. The molecule has 1 aromatic carbocycles. The lowest BCUT2D eigenvalue weighted by Gasteiger charge is -2.34. The van der Waals surface area contributed by atoms with Crippen LogP contribution in [-0.4, -0.2) is 30.1 Å². The van der Waals surface area contributed by atoms with E-state index < -0.39 is 12.1 Å². The van der Waals surface area contributed by atoms with Crippen LogP contribution in [0.3, 0.4) is 0 Å². The molecule has 5 heteroatoms. The lowest BCUT2D eigenvalue weighted by molar-refractivity contribution is -0.188. The maximum atomic E-state index is 12.8. The van der Waals surface area contributed by atoms with Crippen molar-refractivity contribution in [2.45, 2.75) is 44.7 Å². The van der Waals surface area contributed by atoms with Gasteiger partial charge in [-0.2, -0.15) is 13.2 Å². The summed E-state index contributed by atoms with van der Waals surface area (Å²) in [5.41, 5.74) is 1.15. The van der Waals surface area contributed by atoms with E-state index >= 15 is 0 Å². The van der Waals surface area contributed by atoms with Gasteiger partial charge in [0.2, 0.25) is 5.91 Å². The van der Waals surface area contributed by atoms with Crippen LogP contribution in [0.1, 0.15) is 44.1 Å². The van der Waals surface area contributed by atoms with E-state index in [0.29, 0.717) is 25.8 Å². The molecule has 2 atom stereocenters. The van der Waals surface area contributed by atoms with Crippen LogP contribution in [0, 0.1) is 5.92 Å². The van der Waals surface area contributed by atoms with Gasteiger partial charge in [0.05, 0.1) is 5.92 Å². The number of hydrogen-bond donors (Lipinski definition) is 0. The summed E-state index contributed by atoms with van der Waals surface area (Å²) in [7, 11) is 0. The molecular weight excluding hydrogens is 291 g/mol. The van der Waals surface area contributed by atoms with E-state index in [9.17, 15) is 18.0 Å². The number of halogens is 3. The van der Waals surface area contributed by atoms with Crippen molar-refractivity contribution in [3.05, 3.63) is 35.9 Å². The zero-order valence-electron chi connectivity index (χ0n) is 12.8. The van der Waals surface area contributed by atoms with E-state index in [-0.39, 0.29) is 24.8 Å². The standard InChI is InChI=1S/C17H22F3NO/c1-13(14-6-3-2-4-7-14)9-10-16(22)21-11-5-8-15(12-21)17(18,19)20/h2-4,6-7,13,15H,5,8-12H2,1H3/t13-,15-/m1/s1. The van der Waals surface area contributed by atoms with E-state index in [0.717, 1.165) is 5.56 Å². The summed E-state index contributed by atoms with van der Waals surface area (Å²) in [5.74, 6) is -1.29. The molecule has 1 heterocycles. The molecule has 122 valence electrons. The Balaban J connectivity index is 1.84. The maximum Gasteiger partial charge on any atom is 0.393 e. The fraction of sp³-hybridized carbons (Fsp3) is 0.588. The Hall–Kier alpha value is -1.52. The van der Waals surface area contributed by atoms with Gasteiger partial charge in [0.15, 0.2) is 0 Å². The molecule has 0 aliphatic carbocycles. The van der Waals surface area contributed by atoms with Crippen LogP contribution in [0.5, 0.6) is 0 Å². The molecule has 0 bridgehead atoms. The Kier molecular flexibility index (Phi) is 5.48. The molecule has 1 amide bonds. The largest absolute Gasteiger partial charge is 0.393 e. The van der Waals surface area contributed by atoms with Crippen molar-refractivity contribution < 1.29 is 18.0 Å². The molecule has 0 spiro atoms. The summed E-state index contributed by atoms with van der Waals surface area (Å²) in [6.45, 7) is 2.31. The molecule has 0 saturated carbocycles. The second-order valence-electron chi connectivity index (χ2n) is 6.07. The van der Waals surface area contributed by atoms with Gasteiger partial charge in [-0.25, -0.2) is 0 Å². The molecule has 0 N–H and O–H groups in total. The van der Waals surface area contributed by atoms with Crippen molar-refractivity contribution in [1.29, 1.82) is 0 Å². The third-order valence-electron chi connectivity index (χ3n) is 4.40. The smallest absolute Gasteiger partial charge is 0.342 e. The predicted octanol–water partition coefficient (Wildman–Crippen LogP) is 4.37. The van der Waals surface area contributed by atoms with E-state index in [4.69, 9.17) is 0 Å². The van der Waals surface area contributed by atoms with Crippen LogP contribution < -0.4 is 0 Å². The summed E-state index contributed by atoms with van der Waals surface area (Å²) in [6, 6.07) is 9.86. The zero-order chi connectivity index (χ0) is 16.2. The van der Waals surface area contributed by atoms with Crippen molar-refractivity contribution in [3.8, 4) is 0 Å². The Bertz CT molecular complexity index is 486. The summed E-state index contributed by atoms with van der Waals surface area (Å²) < 4.78 is 38.3. The highest BCUT2D eigenvalue weighted by atomic mass is 19.4. The van der Waals surface area contributed by atoms with Gasteiger partial charge in [-0.3, -0.25) is 4.79 Å². The normalized spacial score (nSPS) is 20.7. The fourth-order valence-electron chi connectivity index (χ4n) is 2.92. The van der Waals surface area contributed by atoms with Crippen LogP contribution in [0.25, 0.3) is 0 Å². The molecule has 2 rings (SSSR count). The summed E-state index contributed by atoms with van der Waals surface area (Å²) in [5, 5.41) is 0. The second-order valence-corrected chi connectivity index (χ2v) is 6.07. The Morgan fingerprint density at radius 3 is 2.64 bits per heavy atom. The lowest BCUT2D eigenvalue weighted by Crippen LogP contribution is -2.44. The van der Waals surface area contributed by atoms with E-state index in [1.54, 1.807) is 0 Å². The average molecular weight is 313 g/mol. The van der Waals surface area contributed by atoms with Gasteiger partial charge in [-0.1, -0.05) is 37.3 Å². The third-order valence-corrected chi connectivity index (χ3v) is 4.40. The molecule has 0 aromatic heterocycles. The van der Waals surface area contributed by atoms with Crippen molar-refractivity contribution in [3.63, 3.8) is 0 Å². The maximum absolute atomic E-state index is 12.8.